The Morgan fingerprint density at radius 1 is 1.22 bits per heavy atom. The molecule has 0 atom stereocenters. The van der Waals surface area contributed by atoms with Gasteiger partial charge in [0.25, 0.3) is 11.5 Å². The monoisotopic (exact) mass is 466 g/mol. The molecule has 27 heavy (non-hydrogen) atoms. The van der Waals surface area contributed by atoms with E-state index in [-0.39, 0.29) is 11.5 Å². The fourth-order valence-electron chi connectivity index (χ4n) is 3.32. The van der Waals surface area contributed by atoms with Crippen LogP contribution in [0.4, 0.5) is 0 Å². The van der Waals surface area contributed by atoms with Crippen molar-refractivity contribution >= 4 is 54.7 Å². The van der Waals surface area contributed by atoms with Crippen LogP contribution >= 0.6 is 38.6 Å². The van der Waals surface area contributed by atoms with Gasteiger partial charge in [0.05, 0.1) is 20.4 Å². The average molecular weight is 467 g/mol. The topological polar surface area (TPSA) is 58.4 Å². The fraction of sp³-hybridized carbons (Fsp3) is 0.389. The molecule has 6 nitrogen and oxygen atoms in total. The predicted octanol–water partition coefficient (Wildman–Crippen LogP) is 3.09. The summed E-state index contributed by atoms with van der Waals surface area (Å²) in [5.41, 5.74) is 0.652. The smallest absolute Gasteiger partial charge is 0.264 e. The highest BCUT2D eigenvalue weighted by Gasteiger charge is 2.26. The van der Waals surface area contributed by atoms with E-state index in [9.17, 15) is 9.59 Å². The van der Waals surface area contributed by atoms with Gasteiger partial charge in [-0.2, -0.15) is 0 Å². The Balaban J connectivity index is 1.48. The molecule has 1 fully saturated rings. The molecule has 1 aliphatic rings. The first-order valence-corrected chi connectivity index (χ1v) is 11.1. The van der Waals surface area contributed by atoms with Crippen molar-refractivity contribution in [3.63, 3.8) is 0 Å². The number of carbonyl (C=O) groups is 1. The molecule has 0 radical (unpaired) electrons. The molecule has 0 N–H and O–H groups in total. The molecule has 142 valence electrons. The van der Waals surface area contributed by atoms with Crippen molar-refractivity contribution in [2.75, 3.05) is 26.2 Å². The van der Waals surface area contributed by atoms with E-state index >= 15 is 0 Å². The number of fused-ring (bicyclic) bond motifs is 1. The minimum Gasteiger partial charge on any atom is -0.335 e. The molecule has 4 heterocycles. The minimum atomic E-state index is -0.0975. The van der Waals surface area contributed by atoms with Crippen LogP contribution in [0, 0.1) is 6.92 Å². The second-order valence-electron chi connectivity index (χ2n) is 6.67. The molecule has 1 amide bonds. The summed E-state index contributed by atoms with van der Waals surface area (Å²) in [6, 6.07) is 4.21. The number of rotatable bonds is 3. The highest BCUT2D eigenvalue weighted by atomic mass is 79.9. The second kappa shape index (κ2) is 7.46. The maximum atomic E-state index is 13.0. The third-order valence-electron chi connectivity index (χ3n) is 4.87. The summed E-state index contributed by atoms with van der Waals surface area (Å²) in [6.07, 6.45) is 1.51. The molecule has 3 aromatic heterocycles. The third-order valence-corrected chi connectivity index (χ3v) is 7.67. The van der Waals surface area contributed by atoms with Gasteiger partial charge in [-0.05, 0) is 40.5 Å². The third kappa shape index (κ3) is 3.61. The van der Waals surface area contributed by atoms with Gasteiger partial charge >= 0.3 is 0 Å². The first kappa shape index (κ1) is 18.8. The summed E-state index contributed by atoms with van der Waals surface area (Å²) in [7, 11) is 1.68. The highest BCUT2D eigenvalue weighted by molar-refractivity contribution is 9.11. The quantitative estimate of drug-likeness (QED) is 0.594. The number of piperazine rings is 1. The van der Waals surface area contributed by atoms with Crippen molar-refractivity contribution in [2.24, 2.45) is 7.05 Å². The Labute approximate surface area is 173 Å². The zero-order valence-electron chi connectivity index (χ0n) is 15.1. The van der Waals surface area contributed by atoms with Gasteiger partial charge in [0.2, 0.25) is 0 Å². The van der Waals surface area contributed by atoms with Crippen LogP contribution in [0.5, 0.6) is 0 Å². The van der Waals surface area contributed by atoms with E-state index in [0.29, 0.717) is 28.2 Å². The zero-order valence-corrected chi connectivity index (χ0v) is 18.3. The largest absolute Gasteiger partial charge is 0.335 e. The standard InChI is InChI=1S/C18H19BrN4O2S2/c1-11-14-16(20-10-21(2)17(14)24)27-15(11)18(25)23-7-5-22(6-8-23)9-12-3-4-13(19)26-12/h3-4,10H,5-9H2,1-2H3. The number of thiophene rings is 2. The summed E-state index contributed by atoms with van der Waals surface area (Å²) in [5, 5.41) is 0.565. The predicted molar refractivity (Wildman–Crippen MR) is 113 cm³/mol. The lowest BCUT2D eigenvalue weighted by Crippen LogP contribution is -2.48. The SMILES string of the molecule is Cc1c(C(=O)N2CCN(Cc3ccc(Br)s3)CC2)sc2ncn(C)c(=O)c12. The molecule has 1 aliphatic heterocycles. The summed E-state index contributed by atoms with van der Waals surface area (Å²) < 4.78 is 2.60. The number of hydrogen-bond acceptors (Lipinski definition) is 6. The summed E-state index contributed by atoms with van der Waals surface area (Å²) in [6.45, 7) is 5.87. The van der Waals surface area contributed by atoms with Gasteiger partial charge in [-0.1, -0.05) is 0 Å². The average Bonchev–Trinajstić information content (AvgIpc) is 3.21. The van der Waals surface area contributed by atoms with Crippen LogP contribution in [0.3, 0.4) is 0 Å². The lowest BCUT2D eigenvalue weighted by molar-refractivity contribution is 0.0634. The Bertz CT molecular complexity index is 1060. The van der Waals surface area contributed by atoms with E-state index in [0.717, 1.165) is 29.0 Å². The van der Waals surface area contributed by atoms with Crippen LogP contribution in [0.25, 0.3) is 10.2 Å². The van der Waals surface area contributed by atoms with Gasteiger partial charge in [0.15, 0.2) is 0 Å². The van der Waals surface area contributed by atoms with Crippen molar-refractivity contribution in [3.05, 3.63) is 47.9 Å². The van der Waals surface area contributed by atoms with E-state index in [1.807, 2.05) is 11.8 Å². The normalized spacial score (nSPS) is 15.6. The van der Waals surface area contributed by atoms with Gasteiger partial charge in [-0.3, -0.25) is 14.5 Å². The van der Waals surface area contributed by atoms with Crippen molar-refractivity contribution < 1.29 is 4.79 Å². The molecule has 0 aromatic carbocycles. The number of hydrogen-bond donors (Lipinski definition) is 0. The molecule has 4 rings (SSSR count). The molecule has 0 spiro atoms. The van der Waals surface area contributed by atoms with Crippen molar-refractivity contribution in [1.29, 1.82) is 0 Å². The van der Waals surface area contributed by atoms with Gasteiger partial charge in [-0.25, -0.2) is 4.98 Å². The molecule has 1 saturated heterocycles. The number of aryl methyl sites for hydroxylation is 2. The van der Waals surface area contributed by atoms with Crippen molar-refractivity contribution in [2.45, 2.75) is 13.5 Å². The molecule has 0 unspecified atom stereocenters. The molecule has 0 bridgehead atoms. The molecule has 0 saturated carbocycles. The van der Waals surface area contributed by atoms with Crippen LogP contribution < -0.4 is 5.56 Å². The van der Waals surface area contributed by atoms with E-state index < -0.39 is 0 Å². The molecule has 3 aromatic rings. The van der Waals surface area contributed by atoms with Crippen molar-refractivity contribution in [3.8, 4) is 0 Å². The van der Waals surface area contributed by atoms with Crippen LogP contribution in [0.1, 0.15) is 20.1 Å². The fourth-order valence-corrected chi connectivity index (χ4v) is 5.96. The Morgan fingerprint density at radius 2 is 1.96 bits per heavy atom. The molecular weight excluding hydrogens is 448 g/mol. The zero-order chi connectivity index (χ0) is 19.1. The number of aromatic nitrogens is 2. The maximum absolute atomic E-state index is 13.0. The van der Waals surface area contributed by atoms with Gasteiger partial charge in [-0.15, -0.1) is 22.7 Å². The van der Waals surface area contributed by atoms with E-state index in [1.165, 1.54) is 27.1 Å². The number of nitrogens with zero attached hydrogens (tertiary/aromatic N) is 4. The molecular formula is C18H19BrN4O2S2. The van der Waals surface area contributed by atoms with Gasteiger partial charge in [0.1, 0.15) is 4.83 Å². The maximum Gasteiger partial charge on any atom is 0.264 e. The Kier molecular flexibility index (Phi) is 5.19. The first-order chi connectivity index (χ1) is 12.9. The summed E-state index contributed by atoms with van der Waals surface area (Å²) >= 11 is 6.57. The van der Waals surface area contributed by atoms with Crippen LogP contribution in [-0.2, 0) is 13.6 Å². The van der Waals surface area contributed by atoms with Crippen molar-refractivity contribution in [1.82, 2.24) is 19.4 Å². The van der Waals surface area contributed by atoms with E-state index in [2.05, 4.69) is 37.9 Å². The van der Waals surface area contributed by atoms with E-state index in [1.54, 1.807) is 18.4 Å². The van der Waals surface area contributed by atoms with Crippen LogP contribution in [0.15, 0.2) is 27.0 Å². The summed E-state index contributed by atoms with van der Waals surface area (Å²) in [4.78, 5) is 36.6. The summed E-state index contributed by atoms with van der Waals surface area (Å²) in [5.74, 6) is 0.0103. The number of amides is 1. The van der Waals surface area contributed by atoms with Crippen LogP contribution in [-0.4, -0.2) is 51.4 Å². The minimum absolute atomic E-state index is 0.0103. The number of carbonyl (C=O) groups excluding carboxylic acids is 1. The lowest BCUT2D eigenvalue weighted by Gasteiger charge is -2.34. The van der Waals surface area contributed by atoms with Gasteiger partial charge in [0, 0.05) is 44.6 Å². The van der Waals surface area contributed by atoms with E-state index in [4.69, 9.17) is 0 Å². The highest BCUT2D eigenvalue weighted by Crippen LogP contribution is 2.28. The lowest BCUT2D eigenvalue weighted by atomic mass is 10.2. The Morgan fingerprint density at radius 3 is 2.63 bits per heavy atom. The Hall–Kier alpha value is -1.55. The van der Waals surface area contributed by atoms with Crippen LogP contribution in [0.2, 0.25) is 0 Å². The molecule has 9 heteroatoms. The second-order valence-corrected chi connectivity index (χ2v) is 10.2. The molecule has 0 aliphatic carbocycles. The first-order valence-electron chi connectivity index (χ1n) is 8.64. The number of halogens is 1. The van der Waals surface area contributed by atoms with Gasteiger partial charge < -0.3 is 9.47 Å².